The van der Waals surface area contributed by atoms with E-state index in [2.05, 4.69) is 0 Å². The van der Waals surface area contributed by atoms with Gasteiger partial charge in [0.25, 0.3) is 0 Å². The highest BCUT2D eigenvalue weighted by atomic mass is 16.3. The molecule has 0 saturated heterocycles. The molecule has 13 heavy (non-hydrogen) atoms. The summed E-state index contributed by atoms with van der Waals surface area (Å²) in [5.41, 5.74) is 5.69. The van der Waals surface area contributed by atoms with Crippen LogP contribution in [0.4, 0.5) is 0 Å². The van der Waals surface area contributed by atoms with Crippen LogP contribution in [0.5, 0.6) is 0 Å². The topological polar surface area (TPSA) is 66.6 Å². The molecule has 0 aromatic carbocycles. The third-order valence-electron chi connectivity index (χ3n) is 2.65. The van der Waals surface area contributed by atoms with E-state index >= 15 is 0 Å². The molecule has 1 fully saturated rings. The summed E-state index contributed by atoms with van der Waals surface area (Å²) in [6.07, 6.45) is 1.58. The van der Waals surface area contributed by atoms with Gasteiger partial charge in [0.1, 0.15) is 0 Å². The van der Waals surface area contributed by atoms with Gasteiger partial charge in [0.05, 0.1) is 6.10 Å². The van der Waals surface area contributed by atoms with Crippen LogP contribution < -0.4 is 5.73 Å². The predicted molar refractivity (Wildman–Crippen MR) is 50.0 cm³/mol. The molecule has 4 heteroatoms. The maximum absolute atomic E-state index is 11.5. The van der Waals surface area contributed by atoms with Crippen molar-refractivity contribution in [1.29, 1.82) is 0 Å². The Kier molecular flexibility index (Phi) is 3.27. The summed E-state index contributed by atoms with van der Waals surface area (Å²) in [7, 11) is 3.50. The Hall–Kier alpha value is -0.610. The van der Waals surface area contributed by atoms with Gasteiger partial charge in [-0.3, -0.25) is 4.79 Å². The fourth-order valence-electron chi connectivity index (χ4n) is 1.78. The number of rotatable bonds is 1. The maximum atomic E-state index is 11.5. The number of hydrogen-bond acceptors (Lipinski definition) is 3. The van der Waals surface area contributed by atoms with E-state index in [1.54, 1.807) is 19.0 Å². The predicted octanol–water partition coefficient (Wildman–Crippen LogP) is -0.437. The highest BCUT2D eigenvalue weighted by Gasteiger charge is 2.31. The molecule has 0 spiro atoms. The van der Waals surface area contributed by atoms with E-state index in [9.17, 15) is 9.90 Å². The number of aliphatic hydroxyl groups is 1. The quantitative estimate of drug-likeness (QED) is 0.583. The first kappa shape index (κ1) is 10.5. The molecule has 76 valence electrons. The molecule has 0 bridgehead atoms. The van der Waals surface area contributed by atoms with Gasteiger partial charge in [-0.1, -0.05) is 0 Å². The molecule has 0 aliphatic heterocycles. The van der Waals surface area contributed by atoms with Crippen LogP contribution in [-0.2, 0) is 4.79 Å². The number of hydrogen-bond donors (Lipinski definition) is 2. The molecule has 1 aliphatic carbocycles. The van der Waals surface area contributed by atoms with Gasteiger partial charge in [0.15, 0.2) is 0 Å². The standard InChI is InChI=1S/C9H18N2O2/c1-11(2)9(13)6-3-4-8(12)7(10)5-6/h6-8,12H,3-5,10H2,1-2H3. The lowest BCUT2D eigenvalue weighted by molar-refractivity contribution is -0.134. The lowest BCUT2D eigenvalue weighted by Crippen LogP contribution is -2.44. The zero-order chi connectivity index (χ0) is 10.0. The van der Waals surface area contributed by atoms with Crippen LogP contribution in [0.3, 0.4) is 0 Å². The molecule has 4 nitrogen and oxygen atoms in total. The molecule has 1 aliphatic rings. The van der Waals surface area contributed by atoms with Crippen molar-refractivity contribution in [3.05, 3.63) is 0 Å². The Bertz CT molecular complexity index is 194. The van der Waals surface area contributed by atoms with Crippen molar-refractivity contribution in [2.75, 3.05) is 14.1 Å². The monoisotopic (exact) mass is 186 g/mol. The van der Waals surface area contributed by atoms with Crippen LogP contribution in [0.2, 0.25) is 0 Å². The zero-order valence-corrected chi connectivity index (χ0v) is 8.23. The SMILES string of the molecule is CN(C)C(=O)C1CCC(O)C(N)C1. The second-order valence-corrected chi connectivity index (χ2v) is 3.97. The number of carbonyl (C=O) groups excluding carboxylic acids is 1. The minimum absolute atomic E-state index is 0.00778. The highest BCUT2D eigenvalue weighted by Crippen LogP contribution is 2.24. The van der Waals surface area contributed by atoms with Crippen molar-refractivity contribution in [3.8, 4) is 0 Å². The van der Waals surface area contributed by atoms with Crippen molar-refractivity contribution >= 4 is 5.91 Å². The second kappa shape index (κ2) is 4.07. The summed E-state index contributed by atoms with van der Waals surface area (Å²) >= 11 is 0. The molecule has 0 heterocycles. The van der Waals surface area contributed by atoms with Gasteiger partial charge in [-0.15, -0.1) is 0 Å². The number of amides is 1. The van der Waals surface area contributed by atoms with Gasteiger partial charge in [-0.2, -0.15) is 0 Å². The van der Waals surface area contributed by atoms with Crippen molar-refractivity contribution in [2.45, 2.75) is 31.4 Å². The number of nitrogens with two attached hydrogens (primary N) is 1. The van der Waals surface area contributed by atoms with Gasteiger partial charge in [0, 0.05) is 26.1 Å². The molecular weight excluding hydrogens is 168 g/mol. The van der Waals surface area contributed by atoms with Crippen LogP contribution >= 0.6 is 0 Å². The fraction of sp³-hybridized carbons (Fsp3) is 0.889. The smallest absolute Gasteiger partial charge is 0.225 e. The lowest BCUT2D eigenvalue weighted by atomic mass is 9.83. The lowest BCUT2D eigenvalue weighted by Gasteiger charge is -2.31. The molecule has 1 rings (SSSR count). The Balaban J connectivity index is 2.50. The van der Waals surface area contributed by atoms with Gasteiger partial charge in [-0.25, -0.2) is 0 Å². The fourth-order valence-corrected chi connectivity index (χ4v) is 1.78. The van der Waals surface area contributed by atoms with E-state index in [-0.39, 0.29) is 17.9 Å². The molecule has 3 atom stereocenters. The first-order valence-corrected chi connectivity index (χ1v) is 4.67. The normalized spacial score (nSPS) is 34.3. The van der Waals surface area contributed by atoms with E-state index in [0.717, 1.165) is 6.42 Å². The minimum atomic E-state index is -0.425. The van der Waals surface area contributed by atoms with E-state index in [4.69, 9.17) is 5.73 Å². The number of aliphatic hydroxyl groups excluding tert-OH is 1. The minimum Gasteiger partial charge on any atom is -0.392 e. The van der Waals surface area contributed by atoms with Crippen molar-refractivity contribution in [2.24, 2.45) is 11.7 Å². The van der Waals surface area contributed by atoms with Crippen LogP contribution in [-0.4, -0.2) is 42.2 Å². The first-order valence-electron chi connectivity index (χ1n) is 4.67. The van der Waals surface area contributed by atoms with Crippen LogP contribution in [0, 0.1) is 5.92 Å². The molecule has 0 radical (unpaired) electrons. The van der Waals surface area contributed by atoms with Crippen molar-refractivity contribution in [1.82, 2.24) is 4.90 Å². The van der Waals surface area contributed by atoms with Gasteiger partial charge in [-0.05, 0) is 19.3 Å². The van der Waals surface area contributed by atoms with Gasteiger partial charge in [0.2, 0.25) is 5.91 Å². The molecule has 1 saturated carbocycles. The molecule has 1 amide bonds. The summed E-state index contributed by atoms with van der Waals surface area (Å²) in [4.78, 5) is 13.1. The highest BCUT2D eigenvalue weighted by molar-refractivity contribution is 5.78. The summed E-state index contributed by atoms with van der Waals surface area (Å²) in [6.45, 7) is 0. The first-order chi connectivity index (χ1) is 6.02. The Morgan fingerprint density at radius 1 is 1.46 bits per heavy atom. The zero-order valence-electron chi connectivity index (χ0n) is 8.23. The number of carbonyl (C=O) groups is 1. The number of nitrogens with zero attached hydrogens (tertiary/aromatic N) is 1. The average Bonchev–Trinajstić information content (AvgIpc) is 2.08. The summed E-state index contributed by atoms with van der Waals surface area (Å²) in [5, 5.41) is 9.37. The molecule has 0 aromatic heterocycles. The van der Waals surface area contributed by atoms with Gasteiger partial charge < -0.3 is 15.7 Å². The van der Waals surface area contributed by atoms with Crippen LogP contribution in [0.1, 0.15) is 19.3 Å². The molecule has 0 aromatic rings. The van der Waals surface area contributed by atoms with Gasteiger partial charge >= 0.3 is 0 Å². The Labute approximate surface area is 78.7 Å². The molecule has 3 N–H and O–H groups in total. The Morgan fingerprint density at radius 3 is 2.54 bits per heavy atom. The third-order valence-corrected chi connectivity index (χ3v) is 2.65. The van der Waals surface area contributed by atoms with Crippen LogP contribution in [0.25, 0.3) is 0 Å². The summed E-state index contributed by atoms with van der Waals surface area (Å²) in [6, 6.07) is -0.234. The third kappa shape index (κ3) is 2.42. The van der Waals surface area contributed by atoms with E-state index in [1.165, 1.54) is 0 Å². The summed E-state index contributed by atoms with van der Waals surface area (Å²) in [5.74, 6) is 0.135. The van der Waals surface area contributed by atoms with Crippen molar-refractivity contribution < 1.29 is 9.90 Å². The second-order valence-electron chi connectivity index (χ2n) is 3.97. The molecule has 3 unspecified atom stereocenters. The van der Waals surface area contributed by atoms with E-state index in [0.29, 0.717) is 12.8 Å². The van der Waals surface area contributed by atoms with Crippen LogP contribution in [0.15, 0.2) is 0 Å². The summed E-state index contributed by atoms with van der Waals surface area (Å²) < 4.78 is 0. The van der Waals surface area contributed by atoms with E-state index in [1.807, 2.05) is 0 Å². The average molecular weight is 186 g/mol. The Morgan fingerprint density at radius 2 is 2.08 bits per heavy atom. The van der Waals surface area contributed by atoms with Crippen molar-refractivity contribution in [3.63, 3.8) is 0 Å². The largest absolute Gasteiger partial charge is 0.392 e. The molecular formula is C9H18N2O2. The maximum Gasteiger partial charge on any atom is 0.225 e. The van der Waals surface area contributed by atoms with E-state index < -0.39 is 6.10 Å².